The molecule has 2 saturated carbocycles. The van der Waals surface area contributed by atoms with E-state index in [-0.39, 0.29) is 16.9 Å². The summed E-state index contributed by atoms with van der Waals surface area (Å²) < 4.78 is 0. The van der Waals surface area contributed by atoms with Gasteiger partial charge >= 0.3 is 0 Å². The molecule has 0 radical (unpaired) electrons. The first-order chi connectivity index (χ1) is 11.4. The third-order valence-electron chi connectivity index (χ3n) is 7.63. The van der Waals surface area contributed by atoms with E-state index in [9.17, 15) is 0 Å². The monoisotopic (exact) mass is 348 g/mol. The standard InChI is InChI=1S/C12H21N.C11H23N/c1-9(2)10-5-6-12(3,4)11(7-10)8-13;1-8(2)11(12)6-5-9(3)10(4)7-11/h9-11H,5-7H2,1-4H3;8-10H,5-7,12H2,1-4H3. The van der Waals surface area contributed by atoms with Crippen molar-refractivity contribution in [2.45, 2.75) is 99.5 Å². The number of rotatable bonds is 2. The summed E-state index contributed by atoms with van der Waals surface area (Å²) in [5, 5.41) is 9.08. The number of hydrogen-bond acceptors (Lipinski definition) is 2. The van der Waals surface area contributed by atoms with Gasteiger partial charge in [0, 0.05) is 5.54 Å². The fourth-order valence-corrected chi connectivity index (χ4v) is 4.51. The third-order valence-corrected chi connectivity index (χ3v) is 7.63. The van der Waals surface area contributed by atoms with Crippen molar-refractivity contribution in [1.29, 1.82) is 5.26 Å². The van der Waals surface area contributed by atoms with Crippen LogP contribution in [0.25, 0.3) is 0 Å². The van der Waals surface area contributed by atoms with Gasteiger partial charge in [-0.1, -0.05) is 55.4 Å². The second kappa shape index (κ2) is 8.90. The molecule has 0 aliphatic heterocycles. The van der Waals surface area contributed by atoms with Gasteiger partial charge in [-0.15, -0.1) is 0 Å². The van der Waals surface area contributed by atoms with Crippen LogP contribution < -0.4 is 5.73 Å². The molecule has 0 aromatic carbocycles. The van der Waals surface area contributed by atoms with Crippen molar-refractivity contribution in [1.82, 2.24) is 0 Å². The Morgan fingerprint density at radius 2 is 1.60 bits per heavy atom. The van der Waals surface area contributed by atoms with Gasteiger partial charge in [-0.2, -0.15) is 5.26 Å². The van der Waals surface area contributed by atoms with Crippen LogP contribution in [0, 0.1) is 52.3 Å². The van der Waals surface area contributed by atoms with Gasteiger partial charge in [0.1, 0.15) is 0 Å². The molecule has 2 heteroatoms. The normalized spacial score (nSPS) is 38.0. The van der Waals surface area contributed by atoms with Crippen molar-refractivity contribution < 1.29 is 0 Å². The highest BCUT2D eigenvalue weighted by Gasteiger charge is 2.37. The molecular formula is C23H44N2. The van der Waals surface area contributed by atoms with Crippen LogP contribution in [0.15, 0.2) is 0 Å². The molecule has 0 aromatic heterocycles. The van der Waals surface area contributed by atoms with Crippen LogP contribution in [0.4, 0.5) is 0 Å². The van der Waals surface area contributed by atoms with Crippen LogP contribution in [0.2, 0.25) is 0 Å². The van der Waals surface area contributed by atoms with Gasteiger partial charge < -0.3 is 5.73 Å². The van der Waals surface area contributed by atoms with E-state index in [0.29, 0.717) is 5.92 Å². The molecule has 0 bridgehead atoms. The maximum Gasteiger partial charge on any atom is 0.0661 e. The first-order valence-corrected chi connectivity index (χ1v) is 10.6. The molecule has 146 valence electrons. The maximum atomic E-state index is 9.08. The van der Waals surface area contributed by atoms with Crippen LogP contribution in [0.3, 0.4) is 0 Å². The maximum absolute atomic E-state index is 9.08. The third kappa shape index (κ3) is 5.99. The largest absolute Gasteiger partial charge is 0.325 e. The van der Waals surface area contributed by atoms with E-state index in [1.807, 2.05) is 0 Å². The predicted molar refractivity (Wildman–Crippen MR) is 109 cm³/mol. The first kappa shape index (κ1) is 22.5. The highest BCUT2D eigenvalue weighted by molar-refractivity contribution is 4.98. The lowest BCUT2D eigenvalue weighted by molar-refractivity contribution is 0.114. The van der Waals surface area contributed by atoms with Gasteiger partial charge in [-0.05, 0) is 73.5 Å². The van der Waals surface area contributed by atoms with Crippen molar-refractivity contribution in [2.75, 3.05) is 0 Å². The van der Waals surface area contributed by atoms with Gasteiger partial charge in [-0.25, -0.2) is 0 Å². The van der Waals surface area contributed by atoms with Gasteiger partial charge in [0.15, 0.2) is 0 Å². The Morgan fingerprint density at radius 3 is 2.04 bits per heavy atom. The van der Waals surface area contributed by atoms with Gasteiger partial charge in [0.25, 0.3) is 0 Å². The Hall–Kier alpha value is -0.550. The fourth-order valence-electron chi connectivity index (χ4n) is 4.51. The summed E-state index contributed by atoms with van der Waals surface area (Å²) in [4.78, 5) is 0. The van der Waals surface area contributed by atoms with E-state index in [0.717, 1.165) is 30.1 Å². The Kier molecular flexibility index (Phi) is 8.00. The molecule has 25 heavy (non-hydrogen) atoms. The zero-order valence-corrected chi connectivity index (χ0v) is 18.2. The molecule has 2 N–H and O–H groups in total. The van der Waals surface area contributed by atoms with Crippen LogP contribution in [-0.2, 0) is 0 Å². The summed E-state index contributed by atoms with van der Waals surface area (Å²) >= 11 is 0. The number of hydrogen-bond donors (Lipinski definition) is 1. The highest BCUT2D eigenvalue weighted by atomic mass is 14.8. The summed E-state index contributed by atoms with van der Waals surface area (Å²) in [7, 11) is 0. The van der Waals surface area contributed by atoms with Crippen LogP contribution >= 0.6 is 0 Å². The minimum absolute atomic E-state index is 0.131. The summed E-state index contributed by atoms with van der Waals surface area (Å²) in [6, 6.07) is 2.48. The Balaban J connectivity index is 0.000000251. The Labute approximate surface area is 157 Å². The molecule has 5 unspecified atom stereocenters. The molecule has 0 heterocycles. The van der Waals surface area contributed by atoms with Crippen molar-refractivity contribution in [2.24, 2.45) is 46.7 Å². The molecule has 0 amide bonds. The van der Waals surface area contributed by atoms with E-state index in [4.69, 9.17) is 11.0 Å². The minimum atomic E-state index is 0.131. The first-order valence-electron chi connectivity index (χ1n) is 10.6. The summed E-state index contributed by atoms with van der Waals surface area (Å²) in [6.45, 7) is 18.2. The molecule has 5 atom stereocenters. The second-order valence-corrected chi connectivity index (χ2v) is 10.5. The van der Waals surface area contributed by atoms with Crippen LogP contribution in [0.5, 0.6) is 0 Å². The average Bonchev–Trinajstić information content (AvgIpc) is 2.51. The minimum Gasteiger partial charge on any atom is -0.325 e. The SMILES string of the molecule is CC(C)C1CCC(C)(C)C(C#N)C1.CC1CCC(N)(C(C)C)CC1C. The number of nitrogens with zero attached hydrogens (tertiary/aromatic N) is 1. The Morgan fingerprint density at radius 1 is 1.00 bits per heavy atom. The van der Waals surface area contributed by atoms with Crippen molar-refractivity contribution in [3.05, 3.63) is 0 Å². The summed E-state index contributed by atoms with van der Waals surface area (Å²) in [6.07, 6.45) is 7.38. The van der Waals surface area contributed by atoms with Crippen molar-refractivity contribution in [3.8, 4) is 6.07 Å². The number of nitrogens with two attached hydrogens (primary N) is 1. The highest BCUT2D eigenvalue weighted by Crippen LogP contribution is 2.44. The van der Waals surface area contributed by atoms with Crippen molar-refractivity contribution in [3.63, 3.8) is 0 Å². The smallest absolute Gasteiger partial charge is 0.0661 e. The van der Waals surface area contributed by atoms with Gasteiger partial charge in [0.05, 0.1) is 12.0 Å². The molecule has 2 rings (SSSR count). The summed E-state index contributed by atoms with van der Waals surface area (Å²) in [5.41, 5.74) is 6.74. The van der Waals surface area contributed by atoms with E-state index >= 15 is 0 Å². The van der Waals surface area contributed by atoms with Crippen LogP contribution in [0.1, 0.15) is 93.9 Å². The molecular weight excluding hydrogens is 304 g/mol. The summed E-state index contributed by atoms with van der Waals surface area (Å²) in [5.74, 6) is 4.11. The Bertz CT molecular complexity index is 445. The predicted octanol–water partition coefficient (Wildman–Crippen LogP) is 6.40. The topological polar surface area (TPSA) is 49.8 Å². The van der Waals surface area contributed by atoms with E-state index < -0.39 is 0 Å². The lowest BCUT2D eigenvalue weighted by Crippen LogP contribution is -2.49. The quantitative estimate of drug-likeness (QED) is 0.627. The fraction of sp³-hybridized carbons (Fsp3) is 0.957. The molecule has 0 saturated heterocycles. The molecule has 2 aliphatic rings. The molecule has 2 nitrogen and oxygen atoms in total. The zero-order valence-electron chi connectivity index (χ0n) is 18.2. The van der Waals surface area contributed by atoms with E-state index in [1.54, 1.807) is 0 Å². The molecule has 2 fully saturated rings. The van der Waals surface area contributed by atoms with Gasteiger partial charge in [-0.3, -0.25) is 0 Å². The van der Waals surface area contributed by atoms with Crippen molar-refractivity contribution >= 4 is 0 Å². The van der Waals surface area contributed by atoms with Crippen LogP contribution in [-0.4, -0.2) is 5.54 Å². The lowest BCUT2D eigenvalue weighted by atomic mass is 9.64. The lowest BCUT2D eigenvalue weighted by Gasteiger charge is -2.43. The zero-order chi connectivity index (χ0) is 19.4. The molecule has 0 aromatic rings. The molecule has 0 spiro atoms. The number of nitriles is 1. The van der Waals surface area contributed by atoms with Gasteiger partial charge in [0.2, 0.25) is 0 Å². The van der Waals surface area contributed by atoms with E-state index in [2.05, 4.69) is 61.5 Å². The second-order valence-electron chi connectivity index (χ2n) is 10.5. The average molecular weight is 349 g/mol. The van der Waals surface area contributed by atoms with E-state index in [1.165, 1.54) is 32.1 Å². The molecule has 2 aliphatic carbocycles.